The first-order valence-electron chi connectivity index (χ1n) is 19.3. The smallest absolute Gasteiger partial charge is 0.0340 e. The molecular formula is C47H58N2. The van der Waals surface area contributed by atoms with E-state index in [0.29, 0.717) is 23.7 Å². The van der Waals surface area contributed by atoms with Crippen LogP contribution in [0.5, 0.6) is 0 Å². The van der Waals surface area contributed by atoms with Gasteiger partial charge >= 0.3 is 0 Å². The van der Waals surface area contributed by atoms with Crippen LogP contribution in [0.4, 0.5) is 11.4 Å². The fourth-order valence-corrected chi connectivity index (χ4v) is 8.29. The Morgan fingerprint density at radius 2 is 1.14 bits per heavy atom. The highest BCUT2D eigenvalue weighted by Gasteiger charge is 2.26. The molecule has 2 fully saturated rings. The molecule has 2 heteroatoms. The number of hydrogen-bond acceptors (Lipinski definition) is 2. The van der Waals surface area contributed by atoms with Crippen LogP contribution in [0.15, 0.2) is 110 Å². The zero-order valence-electron chi connectivity index (χ0n) is 30.3. The summed E-state index contributed by atoms with van der Waals surface area (Å²) in [4.78, 5) is 0. The molecule has 2 nitrogen and oxygen atoms in total. The van der Waals surface area contributed by atoms with Crippen LogP contribution in [0.2, 0.25) is 0 Å². The third-order valence-corrected chi connectivity index (χ3v) is 11.2. The number of anilines is 2. The van der Waals surface area contributed by atoms with Gasteiger partial charge in [0.2, 0.25) is 0 Å². The van der Waals surface area contributed by atoms with Crippen molar-refractivity contribution in [3.63, 3.8) is 0 Å². The molecule has 2 aliphatic rings. The Morgan fingerprint density at radius 3 is 1.73 bits per heavy atom. The number of allylic oxidation sites excluding steroid dienone is 3. The highest BCUT2D eigenvalue weighted by Crippen LogP contribution is 2.46. The third kappa shape index (κ3) is 8.58. The Bertz CT molecular complexity index is 1660. The van der Waals surface area contributed by atoms with E-state index in [1.54, 1.807) is 0 Å². The predicted octanol–water partition coefficient (Wildman–Crippen LogP) is 13.6. The van der Waals surface area contributed by atoms with Gasteiger partial charge in [0.25, 0.3) is 0 Å². The Hall–Kier alpha value is -4.04. The van der Waals surface area contributed by atoms with Crippen molar-refractivity contribution < 1.29 is 0 Å². The Balaban J connectivity index is 1.46. The van der Waals surface area contributed by atoms with Gasteiger partial charge in [0, 0.05) is 24.5 Å². The Labute approximate surface area is 297 Å². The molecule has 0 aromatic heterocycles. The van der Waals surface area contributed by atoms with E-state index in [1.807, 2.05) is 0 Å². The summed E-state index contributed by atoms with van der Waals surface area (Å²) in [5, 5.41) is 7.11. The van der Waals surface area contributed by atoms with Gasteiger partial charge in [-0.2, -0.15) is 0 Å². The molecule has 0 bridgehead atoms. The van der Waals surface area contributed by atoms with Crippen LogP contribution in [0.3, 0.4) is 0 Å². The molecule has 2 N–H and O–H groups in total. The second-order valence-corrected chi connectivity index (χ2v) is 14.6. The second-order valence-electron chi connectivity index (χ2n) is 14.6. The summed E-state index contributed by atoms with van der Waals surface area (Å²) < 4.78 is 0. The van der Waals surface area contributed by atoms with Crippen LogP contribution < -0.4 is 10.6 Å². The summed E-state index contributed by atoms with van der Waals surface area (Å²) in [5.41, 5.74) is 13.4. The lowest BCUT2D eigenvalue weighted by Crippen LogP contribution is -2.13. The van der Waals surface area contributed by atoms with E-state index < -0.39 is 0 Å². The monoisotopic (exact) mass is 650 g/mol. The van der Waals surface area contributed by atoms with E-state index in [0.717, 1.165) is 25.9 Å². The summed E-state index contributed by atoms with van der Waals surface area (Å²) in [6.45, 7) is 12.7. The molecule has 256 valence electrons. The van der Waals surface area contributed by atoms with Crippen molar-refractivity contribution in [2.75, 3.05) is 23.7 Å². The van der Waals surface area contributed by atoms with E-state index in [-0.39, 0.29) is 0 Å². The molecule has 0 atom stereocenters. The summed E-state index contributed by atoms with van der Waals surface area (Å²) in [5.74, 6) is 2.56. The SMILES string of the molecule is C=CC1CCC(c2ccc(-c3ccc(NCCC)cc3)c(-c3cc(-c4ccc(NCCC)cc4)ccc3C3CCC(/C=C/C)CC3)c2)CC1. The van der Waals surface area contributed by atoms with E-state index in [4.69, 9.17) is 0 Å². The van der Waals surface area contributed by atoms with Gasteiger partial charge in [-0.3, -0.25) is 0 Å². The normalized spacial score (nSPS) is 21.0. The van der Waals surface area contributed by atoms with Crippen molar-refractivity contribution in [2.45, 2.75) is 96.8 Å². The van der Waals surface area contributed by atoms with E-state index >= 15 is 0 Å². The van der Waals surface area contributed by atoms with Crippen molar-refractivity contribution in [1.29, 1.82) is 0 Å². The van der Waals surface area contributed by atoms with Crippen LogP contribution in [0, 0.1) is 11.8 Å². The predicted molar refractivity (Wildman–Crippen MR) is 215 cm³/mol. The molecular weight excluding hydrogens is 593 g/mol. The van der Waals surface area contributed by atoms with Gasteiger partial charge in [-0.25, -0.2) is 0 Å². The number of rotatable bonds is 13. The quantitative estimate of drug-likeness (QED) is 0.141. The van der Waals surface area contributed by atoms with Gasteiger partial charge in [0.05, 0.1) is 0 Å². The maximum Gasteiger partial charge on any atom is 0.0340 e. The molecule has 0 amide bonds. The van der Waals surface area contributed by atoms with Crippen molar-refractivity contribution >= 4 is 11.4 Å². The number of benzene rings is 4. The molecule has 2 aliphatic carbocycles. The molecule has 0 aliphatic heterocycles. The van der Waals surface area contributed by atoms with Gasteiger partial charge in [0.1, 0.15) is 0 Å². The minimum absolute atomic E-state index is 0.575. The summed E-state index contributed by atoms with van der Waals surface area (Å²) in [7, 11) is 0. The molecule has 4 aromatic rings. The fraction of sp³-hybridized carbons (Fsp3) is 0.404. The van der Waals surface area contributed by atoms with Crippen molar-refractivity contribution in [3.8, 4) is 33.4 Å². The minimum atomic E-state index is 0.575. The molecule has 0 saturated heterocycles. The first-order valence-corrected chi connectivity index (χ1v) is 19.3. The largest absolute Gasteiger partial charge is 0.385 e. The van der Waals surface area contributed by atoms with Crippen molar-refractivity contribution in [2.24, 2.45) is 11.8 Å². The molecule has 49 heavy (non-hydrogen) atoms. The van der Waals surface area contributed by atoms with Gasteiger partial charge in [-0.05, 0) is 170 Å². The molecule has 0 heterocycles. The molecule has 4 aromatic carbocycles. The first-order chi connectivity index (χ1) is 24.1. The first kappa shape index (κ1) is 34.8. The van der Waals surface area contributed by atoms with Crippen LogP contribution in [-0.2, 0) is 0 Å². The Morgan fingerprint density at radius 1 is 0.571 bits per heavy atom. The van der Waals surface area contributed by atoms with Gasteiger partial charge in [0.15, 0.2) is 0 Å². The average Bonchev–Trinajstić information content (AvgIpc) is 3.17. The molecule has 0 radical (unpaired) electrons. The molecule has 6 rings (SSSR count). The fourth-order valence-electron chi connectivity index (χ4n) is 8.29. The minimum Gasteiger partial charge on any atom is -0.385 e. The van der Waals surface area contributed by atoms with E-state index in [1.165, 1.54) is 107 Å². The van der Waals surface area contributed by atoms with Crippen molar-refractivity contribution in [3.05, 3.63) is 121 Å². The zero-order valence-corrected chi connectivity index (χ0v) is 30.3. The lowest BCUT2D eigenvalue weighted by atomic mass is 9.74. The zero-order chi connectivity index (χ0) is 34.0. The van der Waals surface area contributed by atoms with Gasteiger partial charge in [-0.15, -0.1) is 6.58 Å². The molecule has 2 saturated carbocycles. The van der Waals surface area contributed by atoms with Crippen LogP contribution in [-0.4, -0.2) is 13.1 Å². The standard InChI is InChI=1S/C47H58N2/c1-5-9-35-12-16-38(17-13-35)44-28-23-41(37-18-24-42(25-19-37)48-30-6-2)33-46(44)47-32-40(36-14-10-34(8-4)11-15-36)22-29-45(47)39-20-26-43(27-21-39)49-31-7-3/h5,8-9,18-29,32-36,38,48-49H,4,6-7,10-17,30-31H2,1-3H3/b9-5+. The number of nitrogens with one attached hydrogen (secondary N) is 2. The summed E-state index contributed by atoms with van der Waals surface area (Å²) >= 11 is 0. The summed E-state index contributed by atoms with van der Waals surface area (Å²) in [6, 6.07) is 33.1. The van der Waals surface area contributed by atoms with E-state index in [9.17, 15) is 0 Å². The van der Waals surface area contributed by atoms with Crippen LogP contribution in [0.1, 0.15) is 108 Å². The molecule has 0 spiro atoms. The van der Waals surface area contributed by atoms with Crippen molar-refractivity contribution in [1.82, 2.24) is 0 Å². The van der Waals surface area contributed by atoms with Crippen LogP contribution in [0.25, 0.3) is 33.4 Å². The average molecular weight is 651 g/mol. The van der Waals surface area contributed by atoms with Gasteiger partial charge < -0.3 is 10.6 Å². The lowest BCUT2D eigenvalue weighted by Gasteiger charge is -2.30. The number of hydrogen-bond donors (Lipinski definition) is 2. The van der Waals surface area contributed by atoms with Gasteiger partial charge in [-0.1, -0.05) is 86.7 Å². The van der Waals surface area contributed by atoms with Crippen LogP contribution >= 0.6 is 0 Å². The third-order valence-electron chi connectivity index (χ3n) is 11.2. The molecule has 0 unspecified atom stereocenters. The second kappa shape index (κ2) is 17.1. The Kier molecular flexibility index (Phi) is 12.1. The highest BCUT2D eigenvalue weighted by molar-refractivity contribution is 5.88. The highest BCUT2D eigenvalue weighted by atomic mass is 14.9. The lowest BCUT2D eigenvalue weighted by molar-refractivity contribution is 0.376. The maximum atomic E-state index is 4.11. The topological polar surface area (TPSA) is 24.1 Å². The maximum absolute atomic E-state index is 4.11. The summed E-state index contributed by atoms with van der Waals surface area (Å²) in [6.07, 6.45) is 19.1. The van der Waals surface area contributed by atoms with E-state index in [2.05, 4.69) is 141 Å².